The first-order valence-electron chi connectivity index (χ1n) is 11.8. The van der Waals surface area contributed by atoms with Gasteiger partial charge in [-0.15, -0.1) is 10.2 Å². The minimum Gasteiger partial charge on any atom is -0.453 e. The van der Waals surface area contributed by atoms with Crippen molar-refractivity contribution in [3.8, 4) is 0 Å². The molecular weight excluding hydrogens is 514 g/mol. The van der Waals surface area contributed by atoms with E-state index in [0.29, 0.717) is 17.9 Å². The third-order valence-electron chi connectivity index (χ3n) is 5.68. The third kappa shape index (κ3) is 7.59. The predicted octanol–water partition coefficient (Wildman–Crippen LogP) is 4.57. The third-order valence-corrected chi connectivity index (χ3v) is 7.78. The number of carbonyl (C=O) groups is 2. The van der Waals surface area contributed by atoms with Gasteiger partial charge in [0.1, 0.15) is 5.01 Å². The van der Waals surface area contributed by atoms with Gasteiger partial charge in [0.05, 0.1) is 18.8 Å². The van der Waals surface area contributed by atoms with E-state index in [1.54, 1.807) is 35.2 Å². The first-order valence-corrected chi connectivity index (χ1v) is 13.6. The zero-order chi connectivity index (χ0) is 26.4. The Bertz CT molecular complexity index is 1200. The van der Waals surface area contributed by atoms with E-state index >= 15 is 0 Å². The molecule has 1 aliphatic heterocycles. The van der Waals surface area contributed by atoms with E-state index in [4.69, 9.17) is 14.2 Å². The fraction of sp³-hybridized carbons (Fsp3) is 0.385. The van der Waals surface area contributed by atoms with Crippen molar-refractivity contribution in [1.82, 2.24) is 10.2 Å². The van der Waals surface area contributed by atoms with Crippen LogP contribution >= 0.6 is 23.1 Å². The molecule has 1 aliphatic rings. The Morgan fingerprint density at radius 2 is 1.84 bits per heavy atom. The Labute approximate surface area is 223 Å². The number of nitrogens with zero attached hydrogens (tertiary/aromatic N) is 2. The highest BCUT2D eigenvalue weighted by molar-refractivity contribution is 8.01. The van der Waals surface area contributed by atoms with Gasteiger partial charge in [0, 0.05) is 30.3 Å². The zero-order valence-electron chi connectivity index (χ0n) is 20.7. The highest BCUT2D eigenvalue weighted by Gasteiger charge is 2.32. The summed E-state index contributed by atoms with van der Waals surface area (Å²) in [5, 5.41) is 21.3. The minimum absolute atomic E-state index is 0.0133. The molecule has 9 nitrogen and oxygen atoms in total. The number of rotatable bonds is 9. The SMILES string of the molecule is CC(=O)OC(C)C(=O)Nc1ccc(C2OC(CSc3nnc(C)s3)CC(c3ccc(CO)cc3)O2)cc1. The van der Waals surface area contributed by atoms with Crippen LogP contribution in [0.25, 0.3) is 0 Å². The van der Waals surface area contributed by atoms with E-state index in [1.807, 2.05) is 43.3 Å². The van der Waals surface area contributed by atoms with Gasteiger partial charge < -0.3 is 24.6 Å². The minimum atomic E-state index is -0.893. The maximum atomic E-state index is 12.2. The van der Waals surface area contributed by atoms with Crippen molar-refractivity contribution in [2.45, 2.75) is 62.7 Å². The van der Waals surface area contributed by atoms with Gasteiger partial charge in [0.25, 0.3) is 5.91 Å². The molecule has 3 aromatic rings. The molecule has 1 saturated heterocycles. The number of hydrogen-bond donors (Lipinski definition) is 2. The van der Waals surface area contributed by atoms with Crippen LogP contribution in [0.3, 0.4) is 0 Å². The van der Waals surface area contributed by atoms with Crippen LogP contribution in [-0.4, -0.2) is 45.1 Å². The lowest BCUT2D eigenvalue weighted by molar-refractivity contribution is -0.245. The molecule has 2 aromatic carbocycles. The Hall–Kier alpha value is -2.83. The van der Waals surface area contributed by atoms with Crippen molar-refractivity contribution in [3.63, 3.8) is 0 Å². The highest BCUT2D eigenvalue weighted by atomic mass is 32.2. The summed E-state index contributed by atoms with van der Waals surface area (Å²) in [6, 6.07) is 14.9. The average Bonchev–Trinajstić information content (AvgIpc) is 3.32. The zero-order valence-corrected chi connectivity index (χ0v) is 22.4. The summed E-state index contributed by atoms with van der Waals surface area (Å²) in [7, 11) is 0. The second-order valence-electron chi connectivity index (χ2n) is 8.61. The molecule has 11 heteroatoms. The molecule has 0 saturated carbocycles. The number of esters is 1. The number of benzene rings is 2. The van der Waals surface area contributed by atoms with Crippen LogP contribution in [0.15, 0.2) is 52.9 Å². The second-order valence-corrected chi connectivity index (χ2v) is 11.1. The van der Waals surface area contributed by atoms with Crippen LogP contribution in [0.4, 0.5) is 5.69 Å². The maximum absolute atomic E-state index is 12.2. The van der Waals surface area contributed by atoms with Crippen molar-refractivity contribution < 1.29 is 28.9 Å². The summed E-state index contributed by atoms with van der Waals surface area (Å²) < 4.78 is 18.5. The predicted molar refractivity (Wildman–Crippen MR) is 140 cm³/mol. The number of thioether (sulfide) groups is 1. The van der Waals surface area contributed by atoms with Crippen molar-refractivity contribution in [2.24, 2.45) is 0 Å². The molecule has 0 radical (unpaired) electrons. The molecular formula is C26H29N3O6S2. The molecule has 4 atom stereocenters. The van der Waals surface area contributed by atoms with Gasteiger partial charge in [-0.1, -0.05) is 59.5 Å². The average molecular weight is 544 g/mol. The first-order chi connectivity index (χ1) is 17.8. The van der Waals surface area contributed by atoms with Gasteiger partial charge in [-0.2, -0.15) is 0 Å². The Morgan fingerprint density at radius 3 is 2.46 bits per heavy atom. The molecule has 4 unspecified atom stereocenters. The van der Waals surface area contributed by atoms with Crippen LogP contribution in [0.5, 0.6) is 0 Å². The van der Waals surface area contributed by atoms with Gasteiger partial charge in [-0.05, 0) is 37.1 Å². The lowest BCUT2D eigenvalue weighted by Gasteiger charge is -2.36. The van der Waals surface area contributed by atoms with Crippen LogP contribution in [0.1, 0.15) is 54.4 Å². The number of aliphatic hydroxyl groups excluding tert-OH is 1. The molecule has 196 valence electrons. The number of hydrogen-bond acceptors (Lipinski definition) is 10. The number of nitrogens with one attached hydrogen (secondary N) is 1. The van der Waals surface area contributed by atoms with E-state index in [2.05, 4.69) is 15.5 Å². The van der Waals surface area contributed by atoms with Gasteiger partial charge in [0.2, 0.25) is 0 Å². The van der Waals surface area contributed by atoms with E-state index in [0.717, 1.165) is 26.0 Å². The number of anilines is 1. The van der Waals surface area contributed by atoms with Crippen LogP contribution < -0.4 is 5.32 Å². The summed E-state index contributed by atoms with van der Waals surface area (Å²) in [6.45, 7) is 4.69. The lowest BCUT2D eigenvalue weighted by atomic mass is 10.0. The summed E-state index contributed by atoms with van der Waals surface area (Å²) in [5.41, 5.74) is 3.23. The molecule has 1 fully saturated rings. The Kier molecular flexibility index (Phi) is 9.28. The molecule has 4 rings (SSSR count). The lowest BCUT2D eigenvalue weighted by Crippen LogP contribution is -2.31. The fourth-order valence-electron chi connectivity index (χ4n) is 3.79. The van der Waals surface area contributed by atoms with Gasteiger partial charge >= 0.3 is 5.97 Å². The molecule has 0 spiro atoms. The fourth-order valence-corrected chi connectivity index (χ4v) is 5.65. The van der Waals surface area contributed by atoms with Crippen LogP contribution in [0, 0.1) is 6.92 Å². The second kappa shape index (κ2) is 12.6. The first kappa shape index (κ1) is 27.2. The Balaban J connectivity index is 1.47. The highest BCUT2D eigenvalue weighted by Crippen LogP contribution is 2.39. The quantitative estimate of drug-likeness (QED) is 0.295. The number of aliphatic hydroxyl groups is 1. The number of carbonyl (C=O) groups excluding carboxylic acids is 2. The monoisotopic (exact) mass is 543 g/mol. The van der Waals surface area contributed by atoms with E-state index < -0.39 is 24.3 Å². The van der Waals surface area contributed by atoms with Crippen molar-refractivity contribution in [2.75, 3.05) is 11.1 Å². The smallest absolute Gasteiger partial charge is 0.303 e. The normalized spacial score (nSPS) is 20.3. The van der Waals surface area contributed by atoms with E-state index in [-0.39, 0.29) is 18.8 Å². The molecule has 2 N–H and O–H groups in total. The van der Waals surface area contributed by atoms with Gasteiger partial charge in [-0.25, -0.2) is 0 Å². The topological polar surface area (TPSA) is 120 Å². The van der Waals surface area contributed by atoms with Crippen LogP contribution in [-0.2, 0) is 30.4 Å². The number of aromatic nitrogens is 2. The summed E-state index contributed by atoms with van der Waals surface area (Å²) in [4.78, 5) is 23.3. The summed E-state index contributed by atoms with van der Waals surface area (Å²) in [6.07, 6.45) is -1.13. The molecule has 1 amide bonds. The van der Waals surface area contributed by atoms with E-state index in [1.165, 1.54) is 13.8 Å². The number of aryl methyl sites for hydroxylation is 1. The summed E-state index contributed by atoms with van der Waals surface area (Å²) >= 11 is 3.17. The molecule has 0 aliphatic carbocycles. The maximum Gasteiger partial charge on any atom is 0.303 e. The van der Waals surface area contributed by atoms with Crippen molar-refractivity contribution >= 4 is 40.7 Å². The van der Waals surface area contributed by atoms with Gasteiger partial charge in [-0.3, -0.25) is 9.59 Å². The molecule has 1 aromatic heterocycles. The Morgan fingerprint density at radius 1 is 1.14 bits per heavy atom. The molecule has 0 bridgehead atoms. The number of ether oxygens (including phenoxy) is 3. The van der Waals surface area contributed by atoms with E-state index in [9.17, 15) is 14.7 Å². The summed E-state index contributed by atoms with van der Waals surface area (Å²) in [5.74, 6) is -0.232. The van der Waals surface area contributed by atoms with Gasteiger partial charge in [0.15, 0.2) is 16.7 Å². The standard InChI is InChI=1S/C26H29N3O6S2/c1-15(33-17(3)31)24(32)27-21-10-8-20(9-11-21)25-34-22(14-36-26-29-28-16(2)37-26)12-23(35-25)19-6-4-18(13-30)5-7-19/h4-11,15,22-23,25,30H,12-14H2,1-3H3,(H,27,32). The molecule has 37 heavy (non-hydrogen) atoms. The molecule has 2 heterocycles. The number of amides is 1. The van der Waals surface area contributed by atoms with Crippen molar-refractivity contribution in [1.29, 1.82) is 0 Å². The van der Waals surface area contributed by atoms with Crippen LogP contribution in [0.2, 0.25) is 0 Å². The largest absolute Gasteiger partial charge is 0.453 e. The van der Waals surface area contributed by atoms with Crippen molar-refractivity contribution in [3.05, 3.63) is 70.2 Å².